The number of ether oxygens (including phenoxy) is 1. The third-order valence-corrected chi connectivity index (χ3v) is 5.20. The number of benzene rings is 1. The van der Waals surface area contributed by atoms with E-state index in [-0.39, 0.29) is 5.56 Å². The third-order valence-electron chi connectivity index (χ3n) is 3.87. The van der Waals surface area contributed by atoms with Crippen molar-refractivity contribution in [1.82, 2.24) is 20.2 Å². The zero-order valence-electron chi connectivity index (χ0n) is 16.0. The van der Waals surface area contributed by atoms with Crippen molar-refractivity contribution >= 4 is 46.2 Å². The second-order valence-corrected chi connectivity index (χ2v) is 7.64. The molecule has 2 rings (SSSR count). The van der Waals surface area contributed by atoms with Gasteiger partial charge in [0.15, 0.2) is 5.16 Å². The van der Waals surface area contributed by atoms with Gasteiger partial charge in [-0.3, -0.25) is 19.5 Å². The van der Waals surface area contributed by atoms with Crippen molar-refractivity contribution in [3.05, 3.63) is 33.6 Å². The third kappa shape index (κ3) is 5.70. The quantitative estimate of drug-likeness (QED) is 0.382. The summed E-state index contributed by atoms with van der Waals surface area (Å²) in [6.45, 7) is 5.06. The van der Waals surface area contributed by atoms with Crippen LogP contribution in [0.5, 0.6) is 0 Å². The van der Waals surface area contributed by atoms with Gasteiger partial charge in [-0.05, 0) is 38.5 Å². The maximum Gasteiger partial charge on any atom is 0.321 e. The normalized spacial score (nSPS) is 12.0. The average molecular weight is 427 g/mol. The number of rotatable bonds is 8. The summed E-state index contributed by atoms with van der Waals surface area (Å²) in [6.07, 6.45) is 0.626. The first-order valence-corrected chi connectivity index (χ1v) is 10.1. The second kappa shape index (κ2) is 10.4. The Morgan fingerprint density at radius 2 is 2.14 bits per heavy atom. The van der Waals surface area contributed by atoms with Gasteiger partial charge in [0.1, 0.15) is 0 Å². The SMILES string of the molecule is CCOCCCn1c(S[C@@H](C)C(=O)NC(=O)NC)nc2cc(Cl)ccc2c1=O. The van der Waals surface area contributed by atoms with Gasteiger partial charge >= 0.3 is 6.03 Å². The van der Waals surface area contributed by atoms with Gasteiger partial charge in [0.2, 0.25) is 5.91 Å². The standard InChI is InChI=1S/C18H23ClN4O4S/c1-4-27-9-5-8-23-16(25)13-7-6-12(19)10-14(13)21-18(23)28-11(2)15(24)22-17(26)20-3/h6-7,10-11H,4-5,8-9H2,1-3H3,(H2,20,22,24,26)/t11-/m0/s1. The van der Waals surface area contributed by atoms with Crippen LogP contribution in [0.4, 0.5) is 4.79 Å². The minimum Gasteiger partial charge on any atom is -0.382 e. The molecule has 1 heterocycles. The van der Waals surface area contributed by atoms with E-state index in [0.717, 1.165) is 11.8 Å². The number of amides is 3. The molecule has 0 spiro atoms. The van der Waals surface area contributed by atoms with E-state index < -0.39 is 17.2 Å². The molecule has 3 amide bonds. The number of hydrogen-bond acceptors (Lipinski definition) is 6. The number of hydrogen-bond donors (Lipinski definition) is 2. The van der Waals surface area contributed by atoms with Crippen LogP contribution in [0.15, 0.2) is 28.2 Å². The second-order valence-electron chi connectivity index (χ2n) is 5.89. The van der Waals surface area contributed by atoms with Gasteiger partial charge in [-0.25, -0.2) is 9.78 Å². The molecule has 0 saturated carbocycles. The van der Waals surface area contributed by atoms with Crippen molar-refractivity contribution in [3.63, 3.8) is 0 Å². The average Bonchev–Trinajstić information content (AvgIpc) is 2.66. The van der Waals surface area contributed by atoms with Gasteiger partial charge in [-0.2, -0.15) is 0 Å². The first-order valence-electron chi connectivity index (χ1n) is 8.84. The van der Waals surface area contributed by atoms with Crippen LogP contribution in [-0.4, -0.2) is 47.0 Å². The summed E-state index contributed by atoms with van der Waals surface area (Å²) in [4.78, 5) is 41.0. The zero-order valence-corrected chi connectivity index (χ0v) is 17.5. The van der Waals surface area contributed by atoms with E-state index in [2.05, 4.69) is 15.6 Å². The summed E-state index contributed by atoms with van der Waals surface area (Å²) in [5.41, 5.74) is 0.250. The van der Waals surface area contributed by atoms with E-state index in [1.165, 1.54) is 11.6 Å². The van der Waals surface area contributed by atoms with E-state index in [1.54, 1.807) is 25.1 Å². The maximum atomic E-state index is 13.0. The lowest BCUT2D eigenvalue weighted by molar-refractivity contribution is -0.119. The highest BCUT2D eigenvalue weighted by molar-refractivity contribution is 8.00. The first kappa shape index (κ1) is 22.2. The fourth-order valence-corrected chi connectivity index (χ4v) is 3.52. The number of nitrogens with zero attached hydrogens (tertiary/aromatic N) is 2. The molecule has 1 atom stereocenters. The number of carbonyl (C=O) groups excluding carboxylic acids is 2. The molecule has 0 unspecified atom stereocenters. The maximum absolute atomic E-state index is 13.0. The lowest BCUT2D eigenvalue weighted by atomic mass is 10.2. The van der Waals surface area contributed by atoms with Gasteiger partial charge in [0.05, 0.1) is 16.2 Å². The number of aromatic nitrogens is 2. The lowest BCUT2D eigenvalue weighted by Gasteiger charge is -2.16. The minimum absolute atomic E-state index is 0.209. The summed E-state index contributed by atoms with van der Waals surface area (Å²) in [5, 5.41) is 5.21. The molecule has 0 bridgehead atoms. The monoisotopic (exact) mass is 426 g/mol. The molecule has 0 aliphatic heterocycles. The Morgan fingerprint density at radius 3 is 2.82 bits per heavy atom. The van der Waals surface area contributed by atoms with Crippen molar-refractivity contribution in [2.75, 3.05) is 20.3 Å². The molecule has 0 aliphatic carbocycles. The van der Waals surface area contributed by atoms with E-state index in [0.29, 0.717) is 47.3 Å². The number of nitrogens with one attached hydrogen (secondary N) is 2. The molecule has 8 nitrogen and oxygen atoms in total. The first-order chi connectivity index (χ1) is 13.4. The van der Waals surface area contributed by atoms with Crippen LogP contribution in [-0.2, 0) is 16.1 Å². The molecule has 2 N–H and O–H groups in total. The molecule has 1 aromatic carbocycles. The number of carbonyl (C=O) groups is 2. The summed E-state index contributed by atoms with van der Waals surface area (Å²) >= 11 is 7.14. The van der Waals surface area contributed by atoms with Crippen LogP contribution in [0, 0.1) is 0 Å². The molecule has 152 valence electrons. The Hall–Kier alpha value is -2.10. The molecule has 28 heavy (non-hydrogen) atoms. The summed E-state index contributed by atoms with van der Waals surface area (Å²) in [5.74, 6) is -0.481. The topological polar surface area (TPSA) is 102 Å². The van der Waals surface area contributed by atoms with E-state index >= 15 is 0 Å². The summed E-state index contributed by atoms with van der Waals surface area (Å²) in [6, 6.07) is 4.30. The molecule has 2 aromatic rings. The highest BCUT2D eigenvalue weighted by Gasteiger charge is 2.20. The van der Waals surface area contributed by atoms with Gasteiger partial charge in [-0.15, -0.1) is 0 Å². The zero-order chi connectivity index (χ0) is 20.7. The number of imide groups is 1. The lowest BCUT2D eigenvalue weighted by Crippen LogP contribution is -2.41. The molecular formula is C18H23ClN4O4S. The number of halogens is 1. The van der Waals surface area contributed by atoms with Crippen molar-refractivity contribution in [3.8, 4) is 0 Å². The minimum atomic E-state index is -0.640. The Labute approximate surface area is 172 Å². The van der Waals surface area contributed by atoms with Crippen LogP contribution < -0.4 is 16.2 Å². The number of thioether (sulfide) groups is 1. The smallest absolute Gasteiger partial charge is 0.321 e. The predicted molar refractivity (Wildman–Crippen MR) is 110 cm³/mol. The van der Waals surface area contributed by atoms with E-state index in [9.17, 15) is 14.4 Å². The molecule has 10 heteroatoms. The highest BCUT2D eigenvalue weighted by Crippen LogP contribution is 2.24. The van der Waals surface area contributed by atoms with Crippen LogP contribution >= 0.6 is 23.4 Å². The molecule has 0 saturated heterocycles. The number of fused-ring (bicyclic) bond motifs is 1. The largest absolute Gasteiger partial charge is 0.382 e. The molecular weight excluding hydrogens is 404 g/mol. The van der Waals surface area contributed by atoms with Gasteiger partial charge in [0.25, 0.3) is 5.56 Å². The Bertz CT molecular complexity index is 918. The fraction of sp³-hybridized carbons (Fsp3) is 0.444. The number of urea groups is 1. The fourth-order valence-electron chi connectivity index (χ4n) is 2.42. The van der Waals surface area contributed by atoms with Gasteiger partial charge in [-0.1, -0.05) is 23.4 Å². The van der Waals surface area contributed by atoms with Crippen molar-refractivity contribution in [2.45, 2.75) is 37.2 Å². The van der Waals surface area contributed by atoms with E-state index in [1.807, 2.05) is 6.92 Å². The van der Waals surface area contributed by atoms with Crippen LogP contribution in [0.2, 0.25) is 5.02 Å². The van der Waals surface area contributed by atoms with Crippen molar-refractivity contribution in [2.24, 2.45) is 0 Å². The molecule has 0 aliphatic rings. The van der Waals surface area contributed by atoms with Crippen molar-refractivity contribution < 1.29 is 14.3 Å². The molecule has 1 aromatic heterocycles. The Balaban J connectivity index is 2.36. The molecule has 0 fully saturated rings. The van der Waals surface area contributed by atoms with Gasteiger partial charge in [0, 0.05) is 31.8 Å². The van der Waals surface area contributed by atoms with Crippen molar-refractivity contribution in [1.29, 1.82) is 0 Å². The highest BCUT2D eigenvalue weighted by atomic mass is 35.5. The van der Waals surface area contributed by atoms with Gasteiger partial charge < -0.3 is 10.1 Å². The Kier molecular flexibility index (Phi) is 8.28. The van der Waals surface area contributed by atoms with Crippen LogP contribution in [0.25, 0.3) is 10.9 Å². The summed E-state index contributed by atoms with van der Waals surface area (Å²) < 4.78 is 6.88. The molecule has 0 radical (unpaired) electrons. The summed E-state index contributed by atoms with van der Waals surface area (Å²) in [7, 11) is 1.42. The van der Waals surface area contributed by atoms with E-state index in [4.69, 9.17) is 16.3 Å². The van der Waals surface area contributed by atoms with Crippen LogP contribution in [0.3, 0.4) is 0 Å². The Morgan fingerprint density at radius 1 is 1.39 bits per heavy atom. The van der Waals surface area contributed by atoms with Crippen LogP contribution in [0.1, 0.15) is 20.3 Å². The predicted octanol–water partition coefficient (Wildman–Crippen LogP) is 2.41.